The maximum absolute atomic E-state index is 12.5. The van der Waals surface area contributed by atoms with Crippen LogP contribution in [0.25, 0.3) is 10.6 Å². The highest BCUT2D eigenvalue weighted by Crippen LogP contribution is 2.28. The van der Waals surface area contributed by atoms with E-state index < -0.39 is 10.0 Å². The lowest BCUT2D eigenvalue weighted by atomic mass is 10.2. The van der Waals surface area contributed by atoms with E-state index >= 15 is 0 Å². The van der Waals surface area contributed by atoms with Gasteiger partial charge in [-0.1, -0.05) is 28.1 Å². The van der Waals surface area contributed by atoms with Crippen LogP contribution < -0.4 is 0 Å². The standard InChI is InChI=1S/C13H13BrN2O2S3/c14-11-3-1-10(2-4-11)13-15-12(9-20-13)21(17,18)16-5-7-19-8-6-16/h1-4,9H,5-8H2. The molecule has 0 spiro atoms. The molecule has 0 aliphatic carbocycles. The van der Waals surface area contributed by atoms with Crippen LogP contribution >= 0.6 is 39.0 Å². The van der Waals surface area contributed by atoms with Crippen LogP contribution in [0.4, 0.5) is 0 Å². The molecule has 1 fully saturated rings. The number of sulfonamides is 1. The summed E-state index contributed by atoms with van der Waals surface area (Å²) in [7, 11) is -3.45. The Labute approximate surface area is 140 Å². The van der Waals surface area contributed by atoms with E-state index in [1.54, 1.807) is 17.1 Å². The van der Waals surface area contributed by atoms with Crippen LogP contribution in [-0.2, 0) is 10.0 Å². The molecule has 3 rings (SSSR count). The van der Waals surface area contributed by atoms with Crippen LogP contribution in [0.2, 0.25) is 0 Å². The van der Waals surface area contributed by atoms with Gasteiger partial charge in [0.25, 0.3) is 10.0 Å². The Morgan fingerprint density at radius 1 is 1.14 bits per heavy atom. The molecule has 1 aliphatic heterocycles. The van der Waals surface area contributed by atoms with Crippen LogP contribution in [-0.4, -0.2) is 42.3 Å². The third-order valence-electron chi connectivity index (χ3n) is 3.15. The minimum atomic E-state index is -3.45. The third-order valence-corrected chi connectivity index (χ3v) is 7.44. The van der Waals surface area contributed by atoms with E-state index in [9.17, 15) is 8.42 Å². The van der Waals surface area contributed by atoms with Gasteiger partial charge in [0.15, 0.2) is 5.03 Å². The number of aromatic nitrogens is 1. The average molecular weight is 405 g/mol. The van der Waals surface area contributed by atoms with Crippen molar-refractivity contribution in [1.82, 2.24) is 9.29 Å². The predicted molar refractivity (Wildman–Crippen MR) is 91.3 cm³/mol. The first-order chi connectivity index (χ1) is 10.1. The van der Waals surface area contributed by atoms with Gasteiger partial charge in [0.2, 0.25) is 0 Å². The van der Waals surface area contributed by atoms with Crippen molar-refractivity contribution in [3.05, 3.63) is 34.1 Å². The number of hydrogen-bond acceptors (Lipinski definition) is 5. The van der Waals surface area contributed by atoms with E-state index in [1.165, 1.54) is 15.6 Å². The molecular weight excluding hydrogens is 392 g/mol. The first-order valence-corrected chi connectivity index (χ1v) is 10.6. The number of halogens is 1. The van der Waals surface area contributed by atoms with Crippen molar-refractivity contribution in [1.29, 1.82) is 0 Å². The fourth-order valence-electron chi connectivity index (χ4n) is 2.02. The van der Waals surface area contributed by atoms with Gasteiger partial charge in [0.05, 0.1) is 0 Å². The number of hydrogen-bond donors (Lipinski definition) is 0. The molecule has 2 aromatic rings. The molecule has 4 nitrogen and oxygen atoms in total. The van der Waals surface area contributed by atoms with Crippen molar-refractivity contribution >= 4 is 49.1 Å². The summed E-state index contributed by atoms with van der Waals surface area (Å²) in [6.45, 7) is 1.14. The number of thioether (sulfide) groups is 1. The maximum Gasteiger partial charge on any atom is 0.261 e. The topological polar surface area (TPSA) is 50.3 Å². The van der Waals surface area contributed by atoms with E-state index in [2.05, 4.69) is 20.9 Å². The van der Waals surface area contributed by atoms with Crippen molar-refractivity contribution < 1.29 is 8.42 Å². The number of rotatable bonds is 3. The highest BCUT2D eigenvalue weighted by molar-refractivity contribution is 9.10. The van der Waals surface area contributed by atoms with Gasteiger partial charge in [-0.15, -0.1) is 11.3 Å². The quantitative estimate of drug-likeness (QED) is 0.786. The maximum atomic E-state index is 12.5. The van der Waals surface area contributed by atoms with Crippen LogP contribution in [0, 0.1) is 0 Å². The van der Waals surface area contributed by atoms with E-state index in [0.717, 1.165) is 26.5 Å². The number of thiazole rings is 1. The summed E-state index contributed by atoms with van der Waals surface area (Å²) in [5.74, 6) is 1.70. The summed E-state index contributed by atoms with van der Waals surface area (Å²) in [6.07, 6.45) is 0. The second-order valence-electron chi connectivity index (χ2n) is 4.51. The molecule has 1 aliphatic rings. The van der Waals surface area contributed by atoms with E-state index in [0.29, 0.717) is 13.1 Å². The SMILES string of the molecule is O=S(=O)(c1csc(-c2ccc(Br)cc2)n1)N1CCSCC1. The lowest BCUT2D eigenvalue weighted by Crippen LogP contribution is -2.38. The highest BCUT2D eigenvalue weighted by atomic mass is 79.9. The zero-order valence-electron chi connectivity index (χ0n) is 11.0. The summed E-state index contributed by atoms with van der Waals surface area (Å²) in [5, 5.41) is 2.53. The Morgan fingerprint density at radius 2 is 1.81 bits per heavy atom. The molecule has 2 heterocycles. The van der Waals surface area contributed by atoms with E-state index in [1.807, 2.05) is 24.3 Å². The molecule has 0 radical (unpaired) electrons. The minimum absolute atomic E-state index is 0.164. The van der Waals surface area contributed by atoms with Gasteiger partial charge >= 0.3 is 0 Å². The van der Waals surface area contributed by atoms with Crippen molar-refractivity contribution in [2.24, 2.45) is 0 Å². The molecule has 0 amide bonds. The summed E-state index contributed by atoms with van der Waals surface area (Å²) >= 11 is 6.53. The molecule has 1 saturated heterocycles. The van der Waals surface area contributed by atoms with Crippen LogP contribution in [0.1, 0.15) is 0 Å². The molecule has 21 heavy (non-hydrogen) atoms. The fraction of sp³-hybridized carbons (Fsp3) is 0.308. The Morgan fingerprint density at radius 3 is 2.48 bits per heavy atom. The zero-order valence-corrected chi connectivity index (χ0v) is 15.1. The summed E-state index contributed by atoms with van der Waals surface area (Å²) in [4.78, 5) is 4.32. The molecule has 0 unspecified atom stereocenters. The average Bonchev–Trinajstić information content (AvgIpc) is 2.99. The van der Waals surface area contributed by atoms with Gasteiger partial charge in [-0.2, -0.15) is 16.1 Å². The largest absolute Gasteiger partial charge is 0.261 e. The normalized spacial score (nSPS) is 17.0. The Bertz CT molecular complexity index is 722. The first-order valence-electron chi connectivity index (χ1n) is 6.37. The summed E-state index contributed by atoms with van der Waals surface area (Å²) in [5.41, 5.74) is 0.929. The lowest BCUT2D eigenvalue weighted by Gasteiger charge is -2.24. The molecule has 0 bridgehead atoms. The van der Waals surface area contributed by atoms with E-state index in [-0.39, 0.29) is 5.03 Å². The predicted octanol–water partition coefficient (Wildman–Crippen LogP) is 3.31. The molecule has 0 atom stereocenters. The summed E-state index contributed by atoms with van der Waals surface area (Å²) < 4.78 is 27.6. The second-order valence-corrected chi connectivity index (χ2v) is 9.40. The highest BCUT2D eigenvalue weighted by Gasteiger charge is 2.28. The van der Waals surface area contributed by atoms with Gasteiger partial charge in [-0.25, -0.2) is 13.4 Å². The third kappa shape index (κ3) is 3.34. The van der Waals surface area contributed by atoms with Crippen molar-refractivity contribution in [2.75, 3.05) is 24.6 Å². The molecule has 8 heteroatoms. The van der Waals surface area contributed by atoms with Crippen molar-refractivity contribution in [3.8, 4) is 10.6 Å². The van der Waals surface area contributed by atoms with Crippen LogP contribution in [0.15, 0.2) is 39.1 Å². The van der Waals surface area contributed by atoms with Gasteiger partial charge in [0, 0.05) is 40.0 Å². The van der Waals surface area contributed by atoms with E-state index in [4.69, 9.17) is 0 Å². The lowest BCUT2D eigenvalue weighted by molar-refractivity contribution is 0.441. The molecule has 112 valence electrons. The van der Waals surface area contributed by atoms with Crippen molar-refractivity contribution in [3.63, 3.8) is 0 Å². The monoisotopic (exact) mass is 404 g/mol. The van der Waals surface area contributed by atoms with Gasteiger partial charge in [-0.3, -0.25) is 0 Å². The smallest absolute Gasteiger partial charge is 0.223 e. The van der Waals surface area contributed by atoms with Gasteiger partial charge in [0.1, 0.15) is 5.01 Å². The van der Waals surface area contributed by atoms with Gasteiger partial charge < -0.3 is 0 Å². The Hall–Kier alpha value is -0.410. The molecule has 1 aromatic carbocycles. The zero-order chi connectivity index (χ0) is 14.9. The number of benzene rings is 1. The second kappa shape index (κ2) is 6.37. The molecular formula is C13H13BrN2O2S3. The molecule has 1 aromatic heterocycles. The van der Waals surface area contributed by atoms with Crippen LogP contribution in [0.5, 0.6) is 0 Å². The number of nitrogens with zero attached hydrogens (tertiary/aromatic N) is 2. The van der Waals surface area contributed by atoms with Crippen LogP contribution in [0.3, 0.4) is 0 Å². The first kappa shape index (κ1) is 15.5. The molecule has 0 N–H and O–H groups in total. The van der Waals surface area contributed by atoms with Crippen molar-refractivity contribution in [2.45, 2.75) is 5.03 Å². The Kier molecular flexibility index (Phi) is 4.70. The van der Waals surface area contributed by atoms with Gasteiger partial charge in [-0.05, 0) is 12.1 Å². The fourth-order valence-corrected chi connectivity index (χ4v) is 5.93. The Balaban J connectivity index is 1.88. The summed E-state index contributed by atoms with van der Waals surface area (Å²) in [6, 6.07) is 7.70. The molecule has 0 saturated carbocycles. The minimum Gasteiger partial charge on any atom is -0.223 e.